The lowest BCUT2D eigenvalue weighted by molar-refractivity contribution is -0.125. The molecule has 1 aromatic carbocycles. The SMILES string of the molecule is CCCC1CCC(=O)C(Cc2ccc(OC)c(OC)c2)C1. The van der Waals surface area contributed by atoms with Crippen molar-refractivity contribution < 1.29 is 14.3 Å². The number of carbonyl (C=O) groups is 1. The second-order valence-electron chi connectivity index (χ2n) is 5.99. The van der Waals surface area contributed by atoms with Crippen LogP contribution in [0.25, 0.3) is 0 Å². The first kappa shape index (κ1) is 15.9. The number of hydrogen-bond donors (Lipinski definition) is 0. The first-order valence-electron chi connectivity index (χ1n) is 7.91. The van der Waals surface area contributed by atoms with Crippen molar-refractivity contribution in [3.63, 3.8) is 0 Å². The number of ketones is 1. The van der Waals surface area contributed by atoms with Gasteiger partial charge >= 0.3 is 0 Å². The number of Topliss-reactive ketones (excluding diaryl/α,β-unsaturated/α-hetero) is 1. The van der Waals surface area contributed by atoms with Crippen molar-refractivity contribution in [2.75, 3.05) is 14.2 Å². The van der Waals surface area contributed by atoms with Gasteiger partial charge in [0.1, 0.15) is 5.78 Å². The van der Waals surface area contributed by atoms with Gasteiger partial charge in [0, 0.05) is 12.3 Å². The molecule has 0 spiro atoms. The Morgan fingerprint density at radius 2 is 1.95 bits per heavy atom. The highest BCUT2D eigenvalue weighted by Gasteiger charge is 2.28. The van der Waals surface area contributed by atoms with Crippen molar-refractivity contribution in [1.29, 1.82) is 0 Å². The minimum Gasteiger partial charge on any atom is -0.493 e. The molecule has 0 N–H and O–H groups in total. The summed E-state index contributed by atoms with van der Waals surface area (Å²) >= 11 is 0. The van der Waals surface area contributed by atoms with E-state index in [0.29, 0.717) is 5.78 Å². The third kappa shape index (κ3) is 3.99. The summed E-state index contributed by atoms with van der Waals surface area (Å²) < 4.78 is 10.6. The van der Waals surface area contributed by atoms with E-state index in [4.69, 9.17) is 9.47 Å². The van der Waals surface area contributed by atoms with E-state index in [9.17, 15) is 4.79 Å². The van der Waals surface area contributed by atoms with Crippen molar-refractivity contribution in [1.82, 2.24) is 0 Å². The van der Waals surface area contributed by atoms with Gasteiger partial charge in [0.05, 0.1) is 14.2 Å². The molecule has 1 aliphatic carbocycles. The summed E-state index contributed by atoms with van der Waals surface area (Å²) in [7, 11) is 3.28. The number of benzene rings is 1. The molecule has 0 bridgehead atoms. The Bertz CT molecular complexity index is 481. The number of rotatable bonds is 6. The summed E-state index contributed by atoms with van der Waals surface area (Å²) in [5.74, 6) is 2.80. The number of methoxy groups -OCH3 is 2. The molecule has 21 heavy (non-hydrogen) atoms. The molecule has 0 aromatic heterocycles. The largest absolute Gasteiger partial charge is 0.493 e. The van der Waals surface area contributed by atoms with Crippen LogP contribution in [0.5, 0.6) is 11.5 Å². The predicted molar refractivity (Wildman–Crippen MR) is 84.0 cm³/mol. The number of ether oxygens (including phenoxy) is 2. The fourth-order valence-corrected chi connectivity index (χ4v) is 3.36. The van der Waals surface area contributed by atoms with Gasteiger partial charge in [-0.1, -0.05) is 25.8 Å². The average molecular weight is 290 g/mol. The van der Waals surface area contributed by atoms with Crippen LogP contribution < -0.4 is 9.47 Å². The molecule has 1 saturated carbocycles. The van der Waals surface area contributed by atoms with E-state index in [0.717, 1.165) is 48.7 Å². The van der Waals surface area contributed by atoms with Crippen LogP contribution in [0.2, 0.25) is 0 Å². The monoisotopic (exact) mass is 290 g/mol. The summed E-state index contributed by atoms with van der Waals surface area (Å²) in [4.78, 5) is 12.2. The molecule has 0 saturated heterocycles. The zero-order valence-corrected chi connectivity index (χ0v) is 13.4. The van der Waals surface area contributed by atoms with Gasteiger partial charge < -0.3 is 9.47 Å². The highest BCUT2D eigenvalue weighted by molar-refractivity contribution is 5.82. The summed E-state index contributed by atoms with van der Waals surface area (Å²) in [5, 5.41) is 0. The average Bonchev–Trinajstić information content (AvgIpc) is 2.50. The highest BCUT2D eigenvalue weighted by Crippen LogP contribution is 2.34. The molecule has 116 valence electrons. The maximum Gasteiger partial charge on any atom is 0.160 e. The zero-order valence-electron chi connectivity index (χ0n) is 13.4. The van der Waals surface area contributed by atoms with E-state index in [-0.39, 0.29) is 5.92 Å². The summed E-state index contributed by atoms with van der Waals surface area (Å²) in [6, 6.07) is 5.96. The summed E-state index contributed by atoms with van der Waals surface area (Å²) in [6.45, 7) is 2.22. The first-order chi connectivity index (χ1) is 10.2. The zero-order chi connectivity index (χ0) is 15.2. The van der Waals surface area contributed by atoms with E-state index in [2.05, 4.69) is 6.92 Å². The van der Waals surface area contributed by atoms with Crippen molar-refractivity contribution in [3.05, 3.63) is 23.8 Å². The maximum absolute atomic E-state index is 12.2. The molecule has 3 heteroatoms. The number of hydrogen-bond acceptors (Lipinski definition) is 3. The van der Waals surface area contributed by atoms with E-state index in [1.54, 1.807) is 14.2 Å². The normalized spacial score (nSPS) is 22.1. The number of carbonyl (C=O) groups excluding carboxylic acids is 1. The molecule has 1 aliphatic rings. The molecular weight excluding hydrogens is 264 g/mol. The highest BCUT2D eigenvalue weighted by atomic mass is 16.5. The van der Waals surface area contributed by atoms with Crippen LogP contribution in [-0.2, 0) is 11.2 Å². The molecule has 2 rings (SSSR count). The summed E-state index contributed by atoms with van der Waals surface area (Å²) in [6.07, 6.45) is 6.15. The van der Waals surface area contributed by atoms with Crippen molar-refractivity contribution in [2.24, 2.45) is 11.8 Å². The molecule has 1 fully saturated rings. The van der Waals surface area contributed by atoms with E-state index < -0.39 is 0 Å². The second kappa shape index (κ2) is 7.48. The quantitative estimate of drug-likeness (QED) is 0.793. The van der Waals surface area contributed by atoms with Gasteiger partial charge in [0.25, 0.3) is 0 Å². The van der Waals surface area contributed by atoms with E-state index >= 15 is 0 Å². The first-order valence-corrected chi connectivity index (χ1v) is 7.91. The molecule has 2 unspecified atom stereocenters. The summed E-state index contributed by atoms with van der Waals surface area (Å²) in [5.41, 5.74) is 1.16. The Morgan fingerprint density at radius 3 is 2.62 bits per heavy atom. The van der Waals surface area contributed by atoms with Gasteiger partial charge in [-0.25, -0.2) is 0 Å². The fraction of sp³-hybridized carbons (Fsp3) is 0.611. The lowest BCUT2D eigenvalue weighted by Crippen LogP contribution is -2.26. The smallest absolute Gasteiger partial charge is 0.160 e. The molecule has 0 radical (unpaired) electrons. The van der Waals surface area contributed by atoms with Gasteiger partial charge in [-0.2, -0.15) is 0 Å². The standard InChI is InChI=1S/C18H26O3/c1-4-5-13-6-8-16(19)15(10-13)11-14-7-9-17(20-2)18(12-14)21-3/h7,9,12-13,15H,4-6,8,10-11H2,1-3H3. The Balaban J connectivity index is 2.07. The van der Waals surface area contributed by atoms with E-state index in [1.807, 2.05) is 18.2 Å². The molecule has 0 heterocycles. The van der Waals surface area contributed by atoms with Crippen molar-refractivity contribution >= 4 is 5.78 Å². The van der Waals surface area contributed by atoms with Crippen molar-refractivity contribution in [3.8, 4) is 11.5 Å². The molecule has 2 atom stereocenters. The van der Waals surface area contributed by atoms with Gasteiger partial charge in [-0.05, 0) is 42.9 Å². The molecule has 1 aromatic rings. The maximum atomic E-state index is 12.2. The molecular formula is C18H26O3. The Kier molecular flexibility index (Phi) is 5.66. The van der Waals surface area contributed by atoms with Gasteiger partial charge in [-0.3, -0.25) is 4.79 Å². The minimum absolute atomic E-state index is 0.174. The van der Waals surface area contributed by atoms with Crippen LogP contribution in [0.1, 0.15) is 44.6 Å². The third-order valence-electron chi connectivity index (χ3n) is 4.50. The van der Waals surface area contributed by atoms with Crippen LogP contribution in [0.4, 0.5) is 0 Å². The lowest BCUT2D eigenvalue weighted by Gasteiger charge is -2.28. The lowest BCUT2D eigenvalue weighted by atomic mass is 9.76. The van der Waals surface area contributed by atoms with Gasteiger partial charge in [-0.15, -0.1) is 0 Å². The van der Waals surface area contributed by atoms with Crippen LogP contribution >= 0.6 is 0 Å². The van der Waals surface area contributed by atoms with Crippen molar-refractivity contribution in [2.45, 2.75) is 45.4 Å². The topological polar surface area (TPSA) is 35.5 Å². The third-order valence-corrected chi connectivity index (χ3v) is 4.50. The van der Waals surface area contributed by atoms with Gasteiger partial charge in [0.15, 0.2) is 11.5 Å². The Morgan fingerprint density at radius 1 is 1.19 bits per heavy atom. The van der Waals surface area contributed by atoms with Crippen LogP contribution in [0, 0.1) is 11.8 Å². The van der Waals surface area contributed by atoms with Crippen LogP contribution in [0.3, 0.4) is 0 Å². The molecule has 0 amide bonds. The predicted octanol–water partition coefficient (Wildman–Crippen LogP) is 4.03. The Labute approximate surface area is 127 Å². The fourth-order valence-electron chi connectivity index (χ4n) is 3.36. The minimum atomic E-state index is 0.174. The Hall–Kier alpha value is -1.51. The van der Waals surface area contributed by atoms with E-state index in [1.165, 1.54) is 12.8 Å². The molecule has 3 nitrogen and oxygen atoms in total. The molecule has 0 aliphatic heterocycles. The van der Waals surface area contributed by atoms with Crippen LogP contribution in [-0.4, -0.2) is 20.0 Å². The van der Waals surface area contributed by atoms with Crippen LogP contribution in [0.15, 0.2) is 18.2 Å². The second-order valence-corrected chi connectivity index (χ2v) is 5.99. The van der Waals surface area contributed by atoms with Gasteiger partial charge in [0.2, 0.25) is 0 Å².